The number of aliphatic hydroxyl groups is 1. The molecule has 7 heteroatoms. The molecule has 1 atom stereocenters. The number of benzene rings is 2. The lowest BCUT2D eigenvalue weighted by atomic mass is 10.1. The second kappa shape index (κ2) is 9.98. The SMILES string of the molecule is [2H]c1sc(N)nc1C([2H])([2H])C(=O)Nc1ccc(CC([2H])([2H])NC[C@@H](O)c2c([2H])c([2H])c([2H])c([2H])c2[2H])cc1. The van der Waals surface area contributed by atoms with Gasteiger partial charge in [-0.2, -0.15) is 0 Å². The number of nitrogens with two attached hydrogens (primary N) is 1. The van der Waals surface area contributed by atoms with Gasteiger partial charge in [0, 0.05) is 23.1 Å². The number of anilines is 2. The van der Waals surface area contributed by atoms with Crippen molar-refractivity contribution in [2.75, 3.05) is 24.1 Å². The number of thiazole rings is 1. The van der Waals surface area contributed by atoms with Crippen molar-refractivity contribution >= 4 is 28.1 Å². The van der Waals surface area contributed by atoms with Crippen LogP contribution in [-0.4, -0.2) is 29.0 Å². The van der Waals surface area contributed by atoms with E-state index in [0.29, 0.717) is 5.56 Å². The lowest BCUT2D eigenvalue weighted by Crippen LogP contribution is -2.23. The molecular formula is C21H24N4O2S. The van der Waals surface area contributed by atoms with Gasteiger partial charge in [-0.25, -0.2) is 4.98 Å². The van der Waals surface area contributed by atoms with Crippen LogP contribution in [-0.2, 0) is 17.6 Å². The van der Waals surface area contributed by atoms with Crippen molar-refractivity contribution in [2.24, 2.45) is 0 Å². The van der Waals surface area contributed by atoms with Crippen LogP contribution in [0.5, 0.6) is 0 Å². The van der Waals surface area contributed by atoms with E-state index < -0.39 is 61.6 Å². The minimum atomic E-state index is -2.60. The van der Waals surface area contributed by atoms with Crippen molar-refractivity contribution in [3.63, 3.8) is 0 Å². The number of aliphatic hydroxyl groups excluding tert-OH is 1. The molecule has 0 saturated carbocycles. The fourth-order valence-corrected chi connectivity index (χ4v) is 2.58. The molecule has 0 radical (unpaired) electrons. The monoisotopic (exact) mass is 406 g/mol. The Balaban J connectivity index is 1.64. The zero-order valence-corrected chi connectivity index (χ0v) is 15.4. The molecule has 0 spiro atoms. The van der Waals surface area contributed by atoms with Gasteiger partial charge in [0.05, 0.1) is 26.4 Å². The highest BCUT2D eigenvalue weighted by atomic mass is 32.1. The number of rotatable bonds is 9. The highest BCUT2D eigenvalue weighted by Crippen LogP contribution is 2.14. The molecule has 0 aliphatic rings. The zero-order valence-electron chi connectivity index (χ0n) is 24.6. The molecule has 6 nitrogen and oxygen atoms in total. The van der Waals surface area contributed by atoms with Crippen LogP contribution in [0.2, 0.25) is 0 Å². The number of aryl methyl sites for hydroxylation is 1. The summed E-state index contributed by atoms with van der Waals surface area (Å²) < 4.78 is 79.1. The van der Waals surface area contributed by atoms with Crippen molar-refractivity contribution in [2.45, 2.75) is 18.9 Å². The number of carbonyl (C=O) groups excluding carboxylic acids is 1. The number of amides is 1. The van der Waals surface area contributed by atoms with Crippen molar-refractivity contribution in [3.8, 4) is 0 Å². The predicted octanol–water partition coefficient (Wildman–Crippen LogP) is 2.77. The van der Waals surface area contributed by atoms with E-state index in [1.807, 2.05) is 0 Å². The fraction of sp³-hybridized carbons (Fsp3) is 0.238. The van der Waals surface area contributed by atoms with Gasteiger partial charge in [0.2, 0.25) is 5.91 Å². The smallest absolute Gasteiger partial charge is 0.230 e. The number of carbonyl (C=O) groups is 1. The van der Waals surface area contributed by atoms with Gasteiger partial charge in [-0.3, -0.25) is 4.79 Å². The molecule has 0 aliphatic heterocycles. The van der Waals surface area contributed by atoms with Crippen LogP contribution in [0.3, 0.4) is 0 Å². The van der Waals surface area contributed by atoms with E-state index in [-0.39, 0.29) is 33.9 Å². The van der Waals surface area contributed by atoms with E-state index in [9.17, 15) is 9.90 Å². The Bertz CT molecular complexity index is 1320. The molecule has 1 amide bonds. The summed E-state index contributed by atoms with van der Waals surface area (Å²) >= 11 is 0.748. The second-order valence-electron chi connectivity index (χ2n) is 5.57. The molecule has 3 aromatic rings. The van der Waals surface area contributed by atoms with Crippen molar-refractivity contribution in [3.05, 3.63) is 76.7 Å². The molecule has 5 N–H and O–H groups in total. The number of hydrogen-bond donors (Lipinski definition) is 4. The minimum Gasteiger partial charge on any atom is -0.387 e. The van der Waals surface area contributed by atoms with Gasteiger partial charge < -0.3 is 21.5 Å². The maximum absolute atomic E-state index is 12.5. The second-order valence-corrected chi connectivity index (χ2v) is 6.39. The van der Waals surface area contributed by atoms with E-state index in [1.54, 1.807) is 0 Å². The van der Waals surface area contributed by atoms with Crippen molar-refractivity contribution in [1.82, 2.24) is 10.3 Å². The molecule has 3 rings (SSSR count). The average molecular weight is 407 g/mol. The summed E-state index contributed by atoms with van der Waals surface area (Å²) in [5.41, 5.74) is 5.48. The Labute approximate surface area is 182 Å². The third kappa shape index (κ3) is 6.16. The Hall–Kier alpha value is -2.74. The summed E-state index contributed by atoms with van der Waals surface area (Å²) in [6.07, 6.45) is -4.36. The molecule has 0 bridgehead atoms. The standard InChI is InChI=1S/C21H24N4O2S/c22-21-25-18(14-28-21)12-20(27)24-17-8-6-15(7-9-17)10-11-23-13-19(26)16-4-2-1-3-5-16/h1-9,14,19,23,26H,10-13H2,(H2,22,25)(H,24,27)/t19-/m1/s1/i1D,2D,3D,4D,5D,11D2,12D2,14D. The lowest BCUT2D eigenvalue weighted by Gasteiger charge is -2.12. The fourth-order valence-electron chi connectivity index (χ4n) is 2.15. The highest BCUT2D eigenvalue weighted by molar-refractivity contribution is 7.13. The third-order valence-corrected chi connectivity index (χ3v) is 4.08. The molecule has 1 aromatic heterocycles. The van der Waals surface area contributed by atoms with E-state index in [2.05, 4.69) is 15.6 Å². The molecule has 0 unspecified atom stereocenters. The highest BCUT2D eigenvalue weighted by Gasteiger charge is 2.08. The Kier molecular flexibility index (Phi) is 3.82. The van der Waals surface area contributed by atoms with Gasteiger partial charge in [0.25, 0.3) is 0 Å². The molecule has 1 heterocycles. The van der Waals surface area contributed by atoms with E-state index in [1.165, 1.54) is 24.3 Å². The first-order chi connectivity index (χ1) is 17.5. The Morgan fingerprint density at radius 2 is 2.04 bits per heavy atom. The molecule has 28 heavy (non-hydrogen) atoms. The van der Waals surface area contributed by atoms with E-state index >= 15 is 0 Å². The van der Waals surface area contributed by atoms with Crippen LogP contribution in [0.15, 0.2) is 59.8 Å². The first kappa shape index (κ1) is 10.7. The first-order valence-corrected chi connectivity index (χ1v) is 9.00. The normalized spacial score (nSPS) is 18.0. The summed E-state index contributed by atoms with van der Waals surface area (Å²) in [6.45, 7) is -2.49. The van der Waals surface area contributed by atoms with Gasteiger partial charge in [-0.15, -0.1) is 11.3 Å². The van der Waals surface area contributed by atoms with Gasteiger partial charge in [-0.1, -0.05) is 42.3 Å². The average Bonchev–Trinajstić information content (AvgIpc) is 3.20. The number of nitrogen functional groups attached to an aromatic ring is 1. The number of hydrogen-bond acceptors (Lipinski definition) is 6. The summed E-state index contributed by atoms with van der Waals surface area (Å²) in [5, 5.41) is 15.0. The van der Waals surface area contributed by atoms with Crippen LogP contribution in [0.1, 0.15) is 36.6 Å². The van der Waals surface area contributed by atoms with Gasteiger partial charge in [0.15, 0.2) is 5.13 Å². The van der Waals surface area contributed by atoms with Gasteiger partial charge in [-0.05, 0) is 36.2 Å². The van der Waals surface area contributed by atoms with Gasteiger partial charge >= 0.3 is 0 Å². The maximum atomic E-state index is 12.5. The summed E-state index contributed by atoms with van der Waals surface area (Å²) in [7, 11) is 0. The Morgan fingerprint density at radius 3 is 2.71 bits per heavy atom. The van der Waals surface area contributed by atoms with Crippen LogP contribution in [0.25, 0.3) is 0 Å². The minimum absolute atomic E-state index is 0.0326. The Morgan fingerprint density at radius 1 is 1.29 bits per heavy atom. The molecular weight excluding hydrogens is 372 g/mol. The topological polar surface area (TPSA) is 100 Å². The van der Waals surface area contributed by atoms with Crippen LogP contribution < -0.4 is 16.4 Å². The van der Waals surface area contributed by atoms with Gasteiger partial charge in [0.1, 0.15) is 0 Å². The quantitative estimate of drug-likeness (QED) is 0.438. The van der Waals surface area contributed by atoms with Crippen molar-refractivity contribution < 1.29 is 23.6 Å². The van der Waals surface area contributed by atoms with Crippen LogP contribution >= 0.6 is 11.3 Å². The molecule has 2 aromatic carbocycles. The first-order valence-electron chi connectivity index (χ1n) is 13.2. The van der Waals surface area contributed by atoms with Crippen LogP contribution in [0, 0.1) is 0 Å². The number of nitrogens with one attached hydrogen (secondary N) is 2. The van der Waals surface area contributed by atoms with Crippen LogP contribution in [0.4, 0.5) is 10.8 Å². The summed E-state index contributed by atoms with van der Waals surface area (Å²) in [6, 6.07) is 2.98. The third-order valence-electron chi connectivity index (χ3n) is 3.48. The predicted molar refractivity (Wildman–Crippen MR) is 113 cm³/mol. The maximum Gasteiger partial charge on any atom is 0.230 e. The van der Waals surface area contributed by atoms with E-state index in [0.717, 1.165) is 11.3 Å². The lowest BCUT2D eigenvalue weighted by molar-refractivity contribution is -0.115. The number of nitrogens with zero attached hydrogens (tertiary/aromatic N) is 1. The zero-order chi connectivity index (χ0) is 28.6. The van der Waals surface area contributed by atoms with Crippen molar-refractivity contribution in [1.29, 1.82) is 0 Å². The molecule has 0 saturated heterocycles. The molecule has 0 fully saturated rings. The molecule has 146 valence electrons. The number of aromatic nitrogens is 1. The summed E-state index contributed by atoms with van der Waals surface area (Å²) in [4.78, 5) is 16.2. The summed E-state index contributed by atoms with van der Waals surface area (Å²) in [5.74, 6) is -1.05. The molecule has 0 aliphatic carbocycles. The largest absolute Gasteiger partial charge is 0.387 e. The van der Waals surface area contributed by atoms with E-state index in [4.69, 9.17) is 19.4 Å².